The third kappa shape index (κ3) is 8.32. The molecular weight excluding hydrogens is 530 g/mol. The molecule has 0 spiro atoms. The SMILES string of the molecule is C[C@@H](C(=O)NC(C)(C)C)N(Cc1ccc(Cl)cc1)C(=O)CN(c1cccc(Br)c1)S(C)(=O)=O. The second kappa shape index (κ2) is 10.9. The first-order valence-electron chi connectivity index (χ1n) is 10.3. The first-order valence-corrected chi connectivity index (χ1v) is 13.3. The molecule has 0 radical (unpaired) electrons. The molecule has 2 aromatic carbocycles. The molecule has 0 saturated heterocycles. The van der Waals surface area contributed by atoms with Crippen LogP contribution in [0.15, 0.2) is 53.0 Å². The van der Waals surface area contributed by atoms with E-state index >= 15 is 0 Å². The van der Waals surface area contributed by atoms with E-state index in [0.717, 1.165) is 16.1 Å². The molecule has 0 saturated carbocycles. The molecule has 0 aromatic heterocycles. The topological polar surface area (TPSA) is 86.8 Å². The maximum Gasteiger partial charge on any atom is 0.244 e. The lowest BCUT2D eigenvalue weighted by molar-refractivity contribution is -0.140. The van der Waals surface area contributed by atoms with Gasteiger partial charge in [-0.3, -0.25) is 13.9 Å². The summed E-state index contributed by atoms with van der Waals surface area (Å²) in [6, 6.07) is 12.8. The minimum atomic E-state index is -3.77. The van der Waals surface area contributed by atoms with Crippen molar-refractivity contribution in [1.82, 2.24) is 10.2 Å². The Kier molecular flexibility index (Phi) is 8.95. The number of hydrogen-bond acceptors (Lipinski definition) is 4. The highest BCUT2D eigenvalue weighted by atomic mass is 79.9. The van der Waals surface area contributed by atoms with E-state index in [2.05, 4.69) is 21.2 Å². The van der Waals surface area contributed by atoms with Crippen molar-refractivity contribution >= 4 is 55.1 Å². The molecule has 0 unspecified atom stereocenters. The Morgan fingerprint density at radius 2 is 1.73 bits per heavy atom. The highest BCUT2D eigenvalue weighted by Crippen LogP contribution is 2.23. The smallest absolute Gasteiger partial charge is 0.244 e. The highest BCUT2D eigenvalue weighted by molar-refractivity contribution is 9.10. The highest BCUT2D eigenvalue weighted by Gasteiger charge is 2.31. The molecule has 2 amide bonds. The number of halogens is 2. The molecule has 0 bridgehead atoms. The summed E-state index contributed by atoms with van der Waals surface area (Å²) in [5, 5.41) is 3.43. The van der Waals surface area contributed by atoms with Crippen LogP contribution in [0.5, 0.6) is 0 Å². The molecule has 180 valence electrons. The standard InChI is InChI=1S/C23H29BrClN3O4S/c1-16(22(30)26-23(2,3)4)27(14-17-9-11-19(25)12-10-17)21(29)15-28(33(5,31)32)20-8-6-7-18(24)13-20/h6-13,16H,14-15H2,1-5H3,(H,26,30)/t16-/m0/s1. The Balaban J connectivity index is 2.39. The molecule has 0 fully saturated rings. The van der Waals surface area contributed by atoms with Crippen LogP contribution < -0.4 is 9.62 Å². The second-order valence-electron chi connectivity index (χ2n) is 8.81. The molecule has 0 aliphatic rings. The van der Waals surface area contributed by atoms with Crippen molar-refractivity contribution in [3.05, 3.63) is 63.6 Å². The minimum Gasteiger partial charge on any atom is -0.350 e. The molecule has 10 heteroatoms. The number of rotatable bonds is 8. The second-order valence-corrected chi connectivity index (χ2v) is 12.1. The van der Waals surface area contributed by atoms with Crippen LogP contribution in [0.4, 0.5) is 5.69 Å². The van der Waals surface area contributed by atoms with E-state index in [1.54, 1.807) is 55.5 Å². The van der Waals surface area contributed by atoms with Crippen molar-refractivity contribution < 1.29 is 18.0 Å². The van der Waals surface area contributed by atoms with Crippen LogP contribution in [0, 0.1) is 0 Å². The molecule has 1 N–H and O–H groups in total. The molecule has 0 aliphatic heterocycles. The van der Waals surface area contributed by atoms with Gasteiger partial charge in [-0.1, -0.05) is 45.7 Å². The van der Waals surface area contributed by atoms with Gasteiger partial charge in [0.15, 0.2) is 0 Å². The van der Waals surface area contributed by atoms with Crippen LogP contribution in [0.3, 0.4) is 0 Å². The summed E-state index contributed by atoms with van der Waals surface area (Å²) < 4.78 is 26.8. The predicted octanol–water partition coefficient (Wildman–Crippen LogP) is 4.20. The Morgan fingerprint density at radius 1 is 1.12 bits per heavy atom. The zero-order valence-electron chi connectivity index (χ0n) is 19.3. The normalized spacial score (nSPS) is 12.7. The van der Waals surface area contributed by atoms with Gasteiger partial charge in [-0.25, -0.2) is 8.42 Å². The molecule has 0 aliphatic carbocycles. The van der Waals surface area contributed by atoms with Crippen molar-refractivity contribution in [2.45, 2.75) is 45.8 Å². The van der Waals surface area contributed by atoms with Gasteiger partial charge in [-0.2, -0.15) is 0 Å². The van der Waals surface area contributed by atoms with Crippen molar-refractivity contribution in [2.24, 2.45) is 0 Å². The summed E-state index contributed by atoms with van der Waals surface area (Å²) in [6.07, 6.45) is 1.04. The lowest BCUT2D eigenvalue weighted by atomic mass is 10.1. The number of nitrogens with zero attached hydrogens (tertiary/aromatic N) is 2. The van der Waals surface area contributed by atoms with Crippen LogP contribution in [0.25, 0.3) is 0 Å². The van der Waals surface area contributed by atoms with E-state index in [4.69, 9.17) is 11.6 Å². The summed E-state index contributed by atoms with van der Waals surface area (Å²) in [5.41, 5.74) is 0.616. The lowest BCUT2D eigenvalue weighted by Crippen LogP contribution is -2.54. The Morgan fingerprint density at radius 3 is 2.24 bits per heavy atom. The van der Waals surface area contributed by atoms with Crippen LogP contribution in [0.2, 0.25) is 5.02 Å². The Labute approximate surface area is 209 Å². The summed E-state index contributed by atoms with van der Waals surface area (Å²) in [5.74, 6) is -0.843. The molecule has 7 nitrogen and oxygen atoms in total. The van der Waals surface area contributed by atoms with Crippen molar-refractivity contribution in [3.63, 3.8) is 0 Å². The Hall–Kier alpha value is -2.10. The van der Waals surface area contributed by atoms with Gasteiger partial charge < -0.3 is 10.2 Å². The van der Waals surface area contributed by atoms with Crippen LogP contribution in [-0.4, -0.2) is 49.5 Å². The van der Waals surface area contributed by atoms with Gasteiger partial charge >= 0.3 is 0 Å². The maximum absolute atomic E-state index is 13.4. The molecule has 2 aromatic rings. The molecule has 1 atom stereocenters. The van der Waals surface area contributed by atoms with Gasteiger partial charge in [-0.05, 0) is 63.6 Å². The van der Waals surface area contributed by atoms with Gasteiger partial charge in [0.25, 0.3) is 0 Å². The largest absolute Gasteiger partial charge is 0.350 e. The van der Waals surface area contributed by atoms with E-state index in [1.807, 2.05) is 20.8 Å². The van der Waals surface area contributed by atoms with E-state index < -0.39 is 34.1 Å². The fourth-order valence-electron chi connectivity index (χ4n) is 3.09. The quantitative estimate of drug-likeness (QED) is 0.526. The first kappa shape index (κ1) is 27.1. The van der Waals surface area contributed by atoms with E-state index in [0.29, 0.717) is 15.2 Å². The third-order valence-electron chi connectivity index (χ3n) is 4.71. The molecule has 2 rings (SSSR count). The first-order chi connectivity index (χ1) is 15.2. The van der Waals surface area contributed by atoms with E-state index in [9.17, 15) is 18.0 Å². The van der Waals surface area contributed by atoms with Gasteiger partial charge in [0.05, 0.1) is 11.9 Å². The predicted molar refractivity (Wildman–Crippen MR) is 136 cm³/mol. The number of carbonyl (C=O) groups excluding carboxylic acids is 2. The van der Waals surface area contributed by atoms with Crippen LogP contribution >= 0.6 is 27.5 Å². The van der Waals surface area contributed by atoms with Crippen molar-refractivity contribution in [1.29, 1.82) is 0 Å². The zero-order valence-corrected chi connectivity index (χ0v) is 22.5. The fraction of sp³-hybridized carbons (Fsp3) is 0.391. The van der Waals surface area contributed by atoms with E-state index in [-0.39, 0.29) is 12.5 Å². The maximum atomic E-state index is 13.4. The van der Waals surface area contributed by atoms with Crippen molar-refractivity contribution in [3.8, 4) is 0 Å². The average Bonchev–Trinajstić information content (AvgIpc) is 2.68. The Bertz CT molecular complexity index is 1100. The number of benzene rings is 2. The fourth-order valence-corrected chi connectivity index (χ4v) is 4.44. The summed E-state index contributed by atoms with van der Waals surface area (Å²) >= 11 is 9.31. The van der Waals surface area contributed by atoms with Gasteiger partial charge in [0.2, 0.25) is 21.8 Å². The molecule has 0 heterocycles. The van der Waals surface area contributed by atoms with Crippen LogP contribution in [0.1, 0.15) is 33.3 Å². The van der Waals surface area contributed by atoms with Gasteiger partial charge in [-0.15, -0.1) is 0 Å². The molecule has 33 heavy (non-hydrogen) atoms. The van der Waals surface area contributed by atoms with E-state index in [1.165, 1.54) is 4.90 Å². The summed E-state index contributed by atoms with van der Waals surface area (Å²) in [7, 11) is -3.77. The zero-order chi connectivity index (χ0) is 25.0. The number of hydrogen-bond donors (Lipinski definition) is 1. The monoisotopic (exact) mass is 557 g/mol. The minimum absolute atomic E-state index is 0.116. The number of amides is 2. The number of anilines is 1. The lowest BCUT2D eigenvalue weighted by Gasteiger charge is -2.33. The third-order valence-corrected chi connectivity index (χ3v) is 6.59. The molecular formula is C23H29BrClN3O4S. The van der Waals surface area contributed by atoms with Crippen molar-refractivity contribution in [2.75, 3.05) is 17.1 Å². The van der Waals surface area contributed by atoms with Gasteiger partial charge in [0.1, 0.15) is 12.6 Å². The number of sulfonamides is 1. The summed E-state index contributed by atoms with van der Waals surface area (Å²) in [6.45, 7) is 6.84. The number of carbonyl (C=O) groups is 2. The van der Waals surface area contributed by atoms with Crippen LogP contribution in [-0.2, 0) is 26.2 Å². The number of nitrogens with one attached hydrogen (secondary N) is 1. The van der Waals surface area contributed by atoms with Gasteiger partial charge in [0, 0.05) is 21.6 Å². The summed E-state index contributed by atoms with van der Waals surface area (Å²) in [4.78, 5) is 27.7. The average molecular weight is 559 g/mol.